The van der Waals surface area contributed by atoms with Crippen molar-refractivity contribution in [1.82, 2.24) is 0 Å². The number of benzene rings is 2. The molecular weight excluding hydrogens is 324 g/mol. The highest BCUT2D eigenvalue weighted by atomic mass is 16.5. The first-order chi connectivity index (χ1) is 12.0. The smallest absolute Gasteiger partial charge is 0.343 e. The van der Waals surface area contributed by atoms with Crippen LogP contribution in [0.1, 0.15) is 23.5 Å². The van der Waals surface area contributed by atoms with Gasteiger partial charge in [-0.3, -0.25) is 4.79 Å². The molecule has 1 heterocycles. The van der Waals surface area contributed by atoms with Gasteiger partial charge in [0.1, 0.15) is 17.1 Å². The van der Waals surface area contributed by atoms with Crippen LogP contribution in [-0.2, 0) is 9.53 Å². The van der Waals surface area contributed by atoms with Gasteiger partial charge in [-0.2, -0.15) is 0 Å². The molecule has 0 fully saturated rings. The molecule has 1 unspecified atom stereocenters. The van der Waals surface area contributed by atoms with Crippen LogP contribution < -0.4 is 5.63 Å². The van der Waals surface area contributed by atoms with Crippen molar-refractivity contribution in [3.63, 3.8) is 0 Å². The number of aromatic hydroxyl groups is 2. The normalized spacial score (nSPS) is 12.0. The van der Waals surface area contributed by atoms with E-state index in [1.54, 1.807) is 36.4 Å². The minimum Gasteiger partial charge on any atom is -0.508 e. The first-order valence-corrected chi connectivity index (χ1v) is 7.61. The fraction of sp³-hybridized carbons (Fsp3) is 0.158. The minimum absolute atomic E-state index is 0.0187. The van der Waals surface area contributed by atoms with Gasteiger partial charge >= 0.3 is 11.6 Å². The van der Waals surface area contributed by atoms with Crippen molar-refractivity contribution < 1.29 is 24.2 Å². The van der Waals surface area contributed by atoms with Crippen molar-refractivity contribution >= 4 is 16.9 Å². The number of phenolic OH excluding ortho intramolecular Hbond substituents is 1. The van der Waals surface area contributed by atoms with Gasteiger partial charge in [-0.1, -0.05) is 24.3 Å². The molecular formula is C19H16O6. The van der Waals surface area contributed by atoms with E-state index < -0.39 is 17.5 Å². The molecule has 1 aromatic heterocycles. The third-order valence-electron chi connectivity index (χ3n) is 4.06. The lowest BCUT2D eigenvalue weighted by Crippen LogP contribution is -2.18. The highest BCUT2D eigenvalue weighted by molar-refractivity contribution is 5.84. The lowest BCUT2D eigenvalue weighted by atomic mass is 9.88. The number of para-hydroxylation sites is 1. The first-order valence-electron chi connectivity index (χ1n) is 7.61. The number of methoxy groups -OCH3 is 1. The summed E-state index contributed by atoms with van der Waals surface area (Å²) in [6.07, 6.45) is -0.155. The Hall–Kier alpha value is -3.28. The second-order valence-electron chi connectivity index (χ2n) is 5.57. The van der Waals surface area contributed by atoms with E-state index in [-0.39, 0.29) is 29.1 Å². The Kier molecular flexibility index (Phi) is 4.43. The van der Waals surface area contributed by atoms with Crippen LogP contribution in [0.2, 0.25) is 0 Å². The summed E-state index contributed by atoms with van der Waals surface area (Å²) >= 11 is 0. The summed E-state index contributed by atoms with van der Waals surface area (Å²) in [6, 6.07) is 12.7. The van der Waals surface area contributed by atoms with Crippen LogP contribution in [0, 0.1) is 0 Å². The standard InChI is InChI=1S/C19H16O6/c1-24-16(21)10-14(11-6-8-12(20)9-7-11)17-18(22)13-4-2-3-5-15(13)25-19(17)23/h2-9,14,20,22H,10H2,1H3. The highest BCUT2D eigenvalue weighted by Gasteiger charge is 2.27. The van der Waals surface area contributed by atoms with Crippen molar-refractivity contribution in [3.05, 3.63) is 70.1 Å². The first kappa shape index (κ1) is 16.6. The number of carbonyl (C=O) groups excluding carboxylic acids is 1. The van der Waals surface area contributed by atoms with E-state index in [4.69, 9.17) is 9.15 Å². The number of rotatable bonds is 4. The second kappa shape index (κ2) is 6.68. The maximum Gasteiger partial charge on any atom is 0.343 e. The zero-order valence-corrected chi connectivity index (χ0v) is 13.4. The van der Waals surface area contributed by atoms with Crippen molar-refractivity contribution in [2.45, 2.75) is 12.3 Å². The third-order valence-corrected chi connectivity index (χ3v) is 4.06. The van der Waals surface area contributed by atoms with Gasteiger partial charge in [-0.05, 0) is 29.8 Å². The van der Waals surface area contributed by atoms with Crippen LogP contribution >= 0.6 is 0 Å². The summed E-state index contributed by atoms with van der Waals surface area (Å²) in [7, 11) is 1.25. The van der Waals surface area contributed by atoms with Crippen LogP contribution in [0.4, 0.5) is 0 Å². The molecule has 0 aliphatic carbocycles. The quantitative estimate of drug-likeness (QED) is 0.560. The van der Waals surface area contributed by atoms with Gasteiger partial charge in [0.15, 0.2) is 0 Å². The summed E-state index contributed by atoms with van der Waals surface area (Å²) in [4.78, 5) is 24.3. The molecule has 128 valence electrons. The predicted molar refractivity (Wildman–Crippen MR) is 90.7 cm³/mol. The average molecular weight is 340 g/mol. The largest absolute Gasteiger partial charge is 0.508 e. The summed E-state index contributed by atoms with van der Waals surface area (Å²) in [5.41, 5.74) is 0.0883. The van der Waals surface area contributed by atoms with Gasteiger partial charge in [-0.25, -0.2) is 4.79 Å². The van der Waals surface area contributed by atoms with E-state index in [2.05, 4.69) is 0 Å². The summed E-state index contributed by atoms with van der Waals surface area (Å²) < 4.78 is 10.0. The fourth-order valence-corrected chi connectivity index (χ4v) is 2.80. The van der Waals surface area contributed by atoms with Crippen molar-refractivity contribution in [1.29, 1.82) is 0 Å². The van der Waals surface area contributed by atoms with Crippen molar-refractivity contribution in [3.8, 4) is 11.5 Å². The molecule has 2 N–H and O–H groups in total. The van der Waals surface area contributed by atoms with Gasteiger partial charge in [0, 0.05) is 5.92 Å². The Morgan fingerprint density at radius 2 is 1.80 bits per heavy atom. The number of phenols is 1. The molecule has 2 aromatic carbocycles. The van der Waals surface area contributed by atoms with Gasteiger partial charge in [0.2, 0.25) is 0 Å². The van der Waals surface area contributed by atoms with Gasteiger partial charge in [0.25, 0.3) is 0 Å². The zero-order chi connectivity index (χ0) is 18.0. The van der Waals surface area contributed by atoms with Gasteiger partial charge in [0.05, 0.1) is 24.5 Å². The number of ether oxygens (including phenoxy) is 1. The summed E-state index contributed by atoms with van der Waals surface area (Å²) in [6.45, 7) is 0. The Labute approximate surface area is 142 Å². The molecule has 0 saturated carbocycles. The number of fused-ring (bicyclic) bond motifs is 1. The number of esters is 1. The summed E-state index contributed by atoms with van der Waals surface area (Å²) in [5.74, 6) is -1.48. The molecule has 0 aliphatic heterocycles. The summed E-state index contributed by atoms with van der Waals surface area (Å²) in [5, 5.41) is 20.5. The van der Waals surface area contributed by atoms with Crippen molar-refractivity contribution in [2.75, 3.05) is 7.11 Å². The van der Waals surface area contributed by atoms with Gasteiger partial charge in [-0.15, -0.1) is 0 Å². The molecule has 0 bridgehead atoms. The fourth-order valence-electron chi connectivity index (χ4n) is 2.80. The van der Waals surface area contributed by atoms with Crippen LogP contribution in [0.25, 0.3) is 11.0 Å². The molecule has 0 saturated heterocycles. The molecule has 3 aromatic rings. The van der Waals surface area contributed by atoms with Crippen LogP contribution in [-0.4, -0.2) is 23.3 Å². The predicted octanol–water partition coefficient (Wildman–Crippen LogP) is 2.90. The SMILES string of the molecule is COC(=O)CC(c1ccc(O)cc1)c1c(O)c2ccccc2oc1=O. The van der Waals surface area contributed by atoms with E-state index in [1.807, 2.05) is 0 Å². The van der Waals surface area contributed by atoms with Gasteiger partial charge < -0.3 is 19.4 Å². The molecule has 6 nitrogen and oxygen atoms in total. The highest BCUT2D eigenvalue weighted by Crippen LogP contribution is 2.36. The lowest BCUT2D eigenvalue weighted by Gasteiger charge is -2.17. The topological polar surface area (TPSA) is 97.0 Å². The lowest BCUT2D eigenvalue weighted by molar-refractivity contribution is -0.140. The molecule has 25 heavy (non-hydrogen) atoms. The van der Waals surface area contributed by atoms with Crippen LogP contribution in [0.3, 0.4) is 0 Å². The monoisotopic (exact) mass is 340 g/mol. The Morgan fingerprint density at radius 3 is 2.48 bits per heavy atom. The maximum absolute atomic E-state index is 12.5. The van der Waals surface area contributed by atoms with E-state index in [9.17, 15) is 19.8 Å². The average Bonchev–Trinajstić information content (AvgIpc) is 2.61. The maximum atomic E-state index is 12.5. The zero-order valence-electron chi connectivity index (χ0n) is 13.4. The molecule has 6 heteroatoms. The van der Waals surface area contributed by atoms with E-state index in [1.165, 1.54) is 19.2 Å². The number of hydrogen-bond donors (Lipinski definition) is 2. The molecule has 1 atom stereocenters. The molecule has 0 amide bonds. The molecule has 3 rings (SSSR count). The van der Waals surface area contributed by atoms with E-state index in [0.717, 1.165) is 0 Å². The number of carbonyl (C=O) groups is 1. The second-order valence-corrected chi connectivity index (χ2v) is 5.57. The Bertz CT molecular complexity index is 971. The molecule has 0 radical (unpaired) electrons. The Balaban J connectivity index is 2.22. The number of hydrogen-bond acceptors (Lipinski definition) is 6. The van der Waals surface area contributed by atoms with Crippen molar-refractivity contribution in [2.24, 2.45) is 0 Å². The van der Waals surface area contributed by atoms with E-state index >= 15 is 0 Å². The van der Waals surface area contributed by atoms with Crippen LogP contribution in [0.5, 0.6) is 11.5 Å². The molecule has 0 spiro atoms. The minimum atomic E-state index is -0.770. The Morgan fingerprint density at radius 1 is 1.12 bits per heavy atom. The molecule has 0 aliphatic rings. The third kappa shape index (κ3) is 3.19. The van der Waals surface area contributed by atoms with E-state index in [0.29, 0.717) is 10.9 Å². The van der Waals surface area contributed by atoms with Crippen LogP contribution in [0.15, 0.2) is 57.7 Å².